The first-order valence-electron chi connectivity index (χ1n) is 6.24. The molecule has 0 saturated heterocycles. The minimum Gasteiger partial charge on any atom is -0.326 e. The van der Waals surface area contributed by atoms with Crippen molar-refractivity contribution in [1.29, 1.82) is 0 Å². The van der Waals surface area contributed by atoms with E-state index in [0.29, 0.717) is 17.7 Å². The number of fused-ring (bicyclic) bond motifs is 1. The van der Waals surface area contributed by atoms with Crippen LogP contribution in [0.15, 0.2) is 18.2 Å². The number of carbonyl (C=O) groups is 2. The third kappa shape index (κ3) is 3.13. The van der Waals surface area contributed by atoms with Crippen LogP contribution in [0.1, 0.15) is 35.7 Å². The van der Waals surface area contributed by atoms with Crippen molar-refractivity contribution in [3.05, 3.63) is 29.3 Å². The Bertz CT molecular complexity index is 471. The number of thioether (sulfide) groups is 1. The first kappa shape index (κ1) is 13.1. The van der Waals surface area contributed by atoms with Gasteiger partial charge >= 0.3 is 0 Å². The van der Waals surface area contributed by atoms with E-state index < -0.39 is 0 Å². The molecule has 1 aliphatic heterocycles. The lowest BCUT2D eigenvalue weighted by molar-refractivity contribution is -0.115. The summed E-state index contributed by atoms with van der Waals surface area (Å²) in [5.74, 6) is 1.72. The number of amides is 1. The van der Waals surface area contributed by atoms with E-state index in [1.807, 2.05) is 12.1 Å². The van der Waals surface area contributed by atoms with Crippen LogP contribution >= 0.6 is 11.8 Å². The van der Waals surface area contributed by atoms with Crippen molar-refractivity contribution in [2.24, 2.45) is 0 Å². The lowest BCUT2D eigenvalue weighted by Gasteiger charge is -2.03. The van der Waals surface area contributed by atoms with Crippen LogP contribution < -0.4 is 5.32 Å². The minimum atomic E-state index is 0.00641. The second-order valence-corrected chi connectivity index (χ2v) is 5.53. The van der Waals surface area contributed by atoms with Crippen molar-refractivity contribution >= 4 is 29.1 Å². The molecule has 1 amide bonds. The average Bonchev–Trinajstić information content (AvgIpc) is 2.73. The van der Waals surface area contributed by atoms with Crippen LogP contribution in [0.4, 0.5) is 5.69 Å². The predicted molar refractivity (Wildman–Crippen MR) is 75.3 cm³/mol. The summed E-state index contributed by atoms with van der Waals surface area (Å²) < 4.78 is 0. The quantitative estimate of drug-likeness (QED) is 0.634. The molecule has 0 aliphatic carbocycles. The van der Waals surface area contributed by atoms with Gasteiger partial charge in [-0.3, -0.25) is 9.59 Å². The number of nitrogens with one attached hydrogen (secondary N) is 1. The molecular formula is C14H17NO2S. The lowest BCUT2D eigenvalue weighted by Crippen LogP contribution is -2.03. The third-order valence-corrected chi connectivity index (χ3v) is 3.97. The fraction of sp³-hybridized carbons (Fsp3) is 0.429. The van der Waals surface area contributed by atoms with E-state index in [-0.39, 0.29) is 11.7 Å². The van der Waals surface area contributed by atoms with E-state index in [0.717, 1.165) is 29.8 Å². The Morgan fingerprint density at radius 1 is 1.44 bits per heavy atom. The molecule has 0 saturated carbocycles. The molecular weight excluding hydrogens is 246 g/mol. The number of rotatable bonds is 6. The monoisotopic (exact) mass is 263 g/mol. The zero-order chi connectivity index (χ0) is 13.0. The number of ketones is 1. The number of hydrogen-bond donors (Lipinski definition) is 1. The first-order valence-corrected chi connectivity index (χ1v) is 7.40. The van der Waals surface area contributed by atoms with Gasteiger partial charge in [0.15, 0.2) is 5.78 Å². The average molecular weight is 263 g/mol. The van der Waals surface area contributed by atoms with E-state index in [1.165, 1.54) is 0 Å². The zero-order valence-electron chi connectivity index (χ0n) is 10.5. The Labute approximate surface area is 111 Å². The molecule has 1 aromatic rings. The van der Waals surface area contributed by atoms with E-state index in [1.54, 1.807) is 17.8 Å². The molecule has 0 spiro atoms. The van der Waals surface area contributed by atoms with Crippen molar-refractivity contribution in [2.45, 2.75) is 26.2 Å². The van der Waals surface area contributed by atoms with Gasteiger partial charge in [-0.2, -0.15) is 11.8 Å². The van der Waals surface area contributed by atoms with Gasteiger partial charge < -0.3 is 5.32 Å². The second-order valence-electron chi connectivity index (χ2n) is 4.43. The van der Waals surface area contributed by atoms with Gasteiger partial charge in [0, 0.05) is 11.3 Å². The number of carbonyl (C=O) groups excluding carboxylic acids is 2. The van der Waals surface area contributed by atoms with Crippen molar-refractivity contribution in [3.63, 3.8) is 0 Å². The molecule has 1 N–H and O–H groups in total. The highest BCUT2D eigenvalue weighted by atomic mass is 32.2. The Morgan fingerprint density at radius 3 is 3.06 bits per heavy atom. The van der Waals surface area contributed by atoms with E-state index in [4.69, 9.17) is 0 Å². The molecule has 0 aromatic heterocycles. The van der Waals surface area contributed by atoms with Gasteiger partial charge in [-0.05, 0) is 35.9 Å². The number of anilines is 1. The number of Topliss-reactive ketones (excluding diaryl/α,β-unsaturated/α-hetero) is 1. The Balaban J connectivity index is 1.95. The predicted octanol–water partition coefficient (Wildman–Crippen LogP) is 2.90. The van der Waals surface area contributed by atoms with Crippen LogP contribution in [-0.4, -0.2) is 23.2 Å². The summed E-state index contributed by atoms with van der Waals surface area (Å²) in [7, 11) is 0. The summed E-state index contributed by atoms with van der Waals surface area (Å²) in [4.78, 5) is 23.2. The van der Waals surface area contributed by atoms with E-state index in [2.05, 4.69) is 12.2 Å². The van der Waals surface area contributed by atoms with Crippen LogP contribution in [0, 0.1) is 0 Å². The fourth-order valence-electron chi connectivity index (χ4n) is 1.90. The SMILES string of the molecule is CCCCSCC(=O)c1ccc2c(c1)CC(=O)N2. The smallest absolute Gasteiger partial charge is 0.228 e. The third-order valence-electron chi connectivity index (χ3n) is 2.93. The minimum absolute atomic E-state index is 0.00641. The maximum Gasteiger partial charge on any atom is 0.228 e. The molecule has 0 fully saturated rings. The van der Waals surface area contributed by atoms with Crippen molar-refractivity contribution in [2.75, 3.05) is 16.8 Å². The van der Waals surface area contributed by atoms with Crippen LogP contribution in [0.3, 0.4) is 0 Å². The Hall–Kier alpha value is -1.29. The van der Waals surface area contributed by atoms with Crippen molar-refractivity contribution < 1.29 is 9.59 Å². The number of unbranched alkanes of at least 4 members (excludes halogenated alkanes) is 1. The topological polar surface area (TPSA) is 46.2 Å². The largest absolute Gasteiger partial charge is 0.326 e. The molecule has 4 heteroatoms. The summed E-state index contributed by atoms with van der Waals surface area (Å²) in [6.07, 6.45) is 2.70. The number of benzene rings is 1. The molecule has 0 radical (unpaired) electrons. The van der Waals surface area contributed by atoms with E-state index in [9.17, 15) is 9.59 Å². The maximum absolute atomic E-state index is 12.0. The molecule has 1 aliphatic rings. The Morgan fingerprint density at radius 2 is 2.28 bits per heavy atom. The van der Waals surface area contributed by atoms with E-state index >= 15 is 0 Å². The van der Waals surface area contributed by atoms with Gasteiger partial charge in [0.05, 0.1) is 12.2 Å². The highest BCUT2D eigenvalue weighted by Crippen LogP contribution is 2.24. The normalized spacial score (nSPS) is 13.3. The molecule has 1 aromatic carbocycles. The summed E-state index contributed by atoms with van der Waals surface area (Å²) in [6, 6.07) is 5.47. The molecule has 2 rings (SSSR count). The van der Waals surface area contributed by atoms with Crippen LogP contribution in [0.5, 0.6) is 0 Å². The number of hydrogen-bond acceptors (Lipinski definition) is 3. The van der Waals surface area contributed by atoms with Crippen molar-refractivity contribution in [1.82, 2.24) is 0 Å². The van der Waals surface area contributed by atoms with Gasteiger partial charge in [-0.15, -0.1) is 0 Å². The molecule has 0 atom stereocenters. The molecule has 18 heavy (non-hydrogen) atoms. The van der Waals surface area contributed by atoms with Gasteiger partial charge in [-0.25, -0.2) is 0 Å². The second kappa shape index (κ2) is 6.05. The van der Waals surface area contributed by atoms with Gasteiger partial charge in [0.1, 0.15) is 0 Å². The van der Waals surface area contributed by atoms with Crippen molar-refractivity contribution in [3.8, 4) is 0 Å². The molecule has 3 nitrogen and oxygen atoms in total. The molecule has 96 valence electrons. The maximum atomic E-state index is 12.0. The zero-order valence-corrected chi connectivity index (χ0v) is 11.3. The lowest BCUT2D eigenvalue weighted by atomic mass is 10.1. The summed E-state index contributed by atoms with van der Waals surface area (Å²) >= 11 is 1.68. The highest BCUT2D eigenvalue weighted by molar-refractivity contribution is 7.99. The molecule has 0 unspecified atom stereocenters. The summed E-state index contributed by atoms with van der Waals surface area (Å²) in [5, 5.41) is 2.77. The van der Waals surface area contributed by atoms with Gasteiger partial charge in [0.2, 0.25) is 5.91 Å². The first-order chi connectivity index (χ1) is 8.70. The molecule has 1 heterocycles. The summed E-state index contributed by atoms with van der Waals surface area (Å²) in [5.41, 5.74) is 2.49. The van der Waals surface area contributed by atoms with Gasteiger partial charge in [-0.1, -0.05) is 13.3 Å². The van der Waals surface area contributed by atoms with Crippen LogP contribution in [0.25, 0.3) is 0 Å². The fourth-order valence-corrected chi connectivity index (χ4v) is 2.89. The standard InChI is InChI=1S/C14H17NO2S/c1-2-3-6-18-9-13(16)10-4-5-12-11(7-10)8-14(17)15-12/h4-5,7H,2-3,6,8-9H2,1H3,(H,15,17). The highest BCUT2D eigenvalue weighted by Gasteiger charge is 2.18. The van der Waals surface area contributed by atoms with Gasteiger partial charge in [0.25, 0.3) is 0 Å². The van der Waals surface area contributed by atoms with Crippen LogP contribution in [0.2, 0.25) is 0 Å². The molecule has 0 bridgehead atoms. The Kier molecular flexibility index (Phi) is 4.42. The summed E-state index contributed by atoms with van der Waals surface area (Å²) in [6.45, 7) is 2.15. The van der Waals surface area contributed by atoms with Crippen LogP contribution in [-0.2, 0) is 11.2 Å².